The van der Waals surface area contributed by atoms with Crippen LogP contribution in [0.5, 0.6) is 0 Å². The molecule has 0 aliphatic carbocycles. The summed E-state index contributed by atoms with van der Waals surface area (Å²) in [5.41, 5.74) is 7.59. The predicted molar refractivity (Wildman–Crippen MR) is 63.0 cm³/mol. The van der Waals surface area contributed by atoms with Crippen LogP contribution in [-0.4, -0.2) is 19.3 Å². The molecule has 4 nitrogen and oxygen atoms in total. The van der Waals surface area contributed by atoms with Gasteiger partial charge in [-0.05, 0) is 31.0 Å². The first kappa shape index (κ1) is 10.8. The first-order chi connectivity index (χ1) is 7.79. The Hall–Kier alpha value is -1.73. The van der Waals surface area contributed by atoms with E-state index < -0.39 is 0 Å². The fraction of sp³-hybridized carbons (Fsp3) is 0.417. The number of nitrogen functional groups attached to an aromatic ring is 1. The van der Waals surface area contributed by atoms with Crippen molar-refractivity contribution in [1.29, 1.82) is 5.26 Å². The molecule has 1 aliphatic heterocycles. The zero-order valence-corrected chi connectivity index (χ0v) is 9.07. The van der Waals surface area contributed by atoms with Gasteiger partial charge in [0.15, 0.2) is 0 Å². The first-order valence-electron chi connectivity index (χ1n) is 5.44. The Labute approximate surface area is 95.0 Å². The maximum atomic E-state index is 8.84. The molecule has 3 N–H and O–H groups in total. The van der Waals surface area contributed by atoms with Crippen LogP contribution in [0.3, 0.4) is 0 Å². The molecule has 84 valence electrons. The summed E-state index contributed by atoms with van der Waals surface area (Å²) >= 11 is 0. The quantitative estimate of drug-likeness (QED) is 0.756. The van der Waals surface area contributed by atoms with Gasteiger partial charge in [0.05, 0.1) is 11.7 Å². The second-order valence-corrected chi connectivity index (χ2v) is 3.93. The number of hydrogen-bond acceptors (Lipinski definition) is 4. The third kappa shape index (κ3) is 2.44. The molecule has 1 unspecified atom stereocenters. The monoisotopic (exact) mass is 217 g/mol. The number of nitrogens with one attached hydrogen (secondary N) is 1. The Morgan fingerprint density at radius 1 is 1.56 bits per heavy atom. The van der Waals surface area contributed by atoms with Crippen LogP contribution in [0, 0.1) is 11.3 Å². The van der Waals surface area contributed by atoms with Crippen LogP contribution < -0.4 is 11.1 Å². The van der Waals surface area contributed by atoms with Gasteiger partial charge in [0, 0.05) is 24.5 Å². The van der Waals surface area contributed by atoms with E-state index >= 15 is 0 Å². The third-order valence-electron chi connectivity index (χ3n) is 2.73. The van der Waals surface area contributed by atoms with Gasteiger partial charge in [-0.15, -0.1) is 0 Å². The van der Waals surface area contributed by atoms with Crippen molar-refractivity contribution < 1.29 is 4.74 Å². The van der Waals surface area contributed by atoms with Crippen LogP contribution in [0.25, 0.3) is 0 Å². The topological polar surface area (TPSA) is 71.1 Å². The van der Waals surface area contributed by atoms with Crippen molar-refractivity contribution in [2.24, 2.45) is 0 Å². The molecule has 0 aromatic heterocycles. The second kappa shape index (κ2) is 4.86. The highest BCUT2D eigenvalue weighted by atomic mass is 16.5. The molecular formula is C12H15N3O. The summed E-state index contributed by atoms with van der Waals surface area (Å²) in [6, 6.07) is 7.46. The first-order valence-corrected chi connectivity index (χ1v) is 5.44. The van der Waals surface area contributed by atoms with Crippen molar-refractivity contribution in [3.05, 3.63) is 23.8 Å². The molecule has 1 saturated heterocycles. The number of nitrogens with zero attached hydrogens (tertiary/aromatic N) is 1. The number of rotatable bonds is 3. The van der Waals surface area contributed by atoms with Gasteiger partial charge in [0.2, 0.25) is 0 Å². The highest BCUT2D eigenvalue weighted by molar-refractivity contribution is 5.61. The van der Waals surface area contributed by atoms with Crippen molar-refractivity contribution in [3.63, 3.8) is 0 Å². The minimum Gasteiger partial charge on any atom is -0.398 e. The Kier molecular flexibility index (Phi) is 3.28. The number of nitriles is 1. The van der Waals surface area contributed by atoms with Crippen LogP contribution >= 0.6 is 0 Å². The summed E-state index contributed by atoms with van der Waals surface area (Å²) in [6.45, 7) is 1.65. The van der Waals surface area contributed by atoms with Gasteiger partial charge in [-0.2, -0.15) is 5.26 Å². The van der Waals surface area contributed by atoms with E-state index in [4.69, 9.17) is 15.7 Å². The number of benzene rings is 1. The average Bonchev–Trinajstić information content (AvgIpc) is 2.81. The van der Waals surface area contributed by atoms with Crippen LogP contribution in [0.15, 0.2) is 18.2 Å². The highest BCUT2D eigenvalue weighted by Gasteiger charge is 2.14. The minimum absolute atomic E-state index is 0.295. The van der Waals surface area contributed by atoms with Crippen molar-refractivity contribution in [2.45, 2.75) is 18.9 Å². The zero-order valence-electron chi connectivity index (χ0n) is 9.07. The van der Waals surface area contributed by atoms with Crippen LogP contribution in [0.4, 0.5) is 11.4 Å². The molecule has 2 rings (SSSR count). The van der Waals surface area contributed by atoms with Crippen molar-refractivity contribution in [3.8, 4) is 6.07 Å². The van der Waals surface area contributed by atoms with Gasteiger partial charge in [-0.3, -0.25) is 0 Å². The van der Waals surface area contributed by atoms with Crippen LogP contribution in [0.2, 0.25) is 0 Å². The number of ether oxygens (including phenoxy) is 1. The lowest BCUT2D eigenvalue weighted by atomic mass is 10.1. The molecule has 1 heterocycles. The molecule has 0 bridgehead atoms. The molecular weight excluding hydrogens is 202 g/mol. The van der Waals surface area contributed by atoms with Gasteiger partial charge >= 0.3 is 0 Å². The van der Waals surface area contributed by atoms with Crippen LogP contribution in [-0.2, 0) is 4.74 Å². The zero-order chi connectivity index (χ0) is 11.4. The van der Waals surface area contributed by atoms with E-state index in [-0.39, 0.29) is 0 Å². The lowest BCUT2D eigenvalue weighted by molar-refractivity contribution is 0.120. The van der Waals surface area contributed by atoms with Gasteiger partial charge < -0.3 is 15.8 Å². The molecule has 0 amide bonds. The standard InChI is InChI=1S/C12H15N3O/c13-7-9-6-10(3-4-12(9)14)15-8-11-2-1-5-16-11/h3-4,6,11,15H,1-2,5,8,14H2. The third-order valence-corrected chi connectivity index (χ3v) is 2.73. The van der Waals surface area contributed by atoms with E-state index in [9.17, 15) is 0 Å². The van der Waals surface area contributed by atoms with E-state index in [0.717, 1.165) is 31.7 Å². The summed E-state index contributed by atoms with van der Waals surface area (Å²) < 4.78 is 5.50. The van der Waals surface area contributed by atoms with Crippen molar-refractivity contribution in [1.82, 2.24) is 0 Å². The van der Waals surface area contributed by atoms with E-state index in [1.165, 1.54) is 0 Å². The SMILES string of the molecule is N#Cc1cc(NCC2CCCO2)ccc1N. The Balaban J connectivity index is 1.96. The molecule has 16 heavy (non-hydrogen) atoms. The highest BCUT2D eigenvalue weighted by Crippen LogP contribution is 2.18. The average molecular weight is 217 g/mol. The molecule has 1 aromatic rings. The van der Waals surface area contributed by atoms with E-state index in [1.54, 1.807) is 12.1 Å². The normalized spacial score (nSPS) is 19.3. The van der Waals surface area contributed by atoms with E-state index in [1.807, 2.05) is 6.07 Å². The number of anilines is 2. The molecule has 0 saturated carbocycles. The number of hydrogen-bond donors (Lipinski definition) is 2. The summed E-state index contributed by atoms with van der Waals surface area (Å²) in [5, 5.41) is 12.1. The fourth-order valence-electron chi connectivity index (χ4n) is 1.80. The van der Waals surface area contributed by atoms with Gasteiger partial charge in [0.25, 0.3) is 0 Å². The maximum absolute atomic E-state index is 8.84. The molecule has 0 radical (unpaired) electrons. The van der Waals surface area contributed by atoms with E-state index in [2.05, 4.69) is 11.4 Å². The molecule has 1 atom stereocenters. The van der Waals surface area contributed by atoms with E-state index in [0.29, 0.717) is 17.4 Å². The lowest BCUT2D eigenvalue weighted by Crippen LogP contribution is -2.18. The second-order valence-electron chi connectivity index (χ2n) is 3.93. The van der Waals surface area contributed by atoms with Crippen molar-refractivity contribution >= 4 is 11.4 Å². The largest absolute Gasteiger partial charge is 0.398 e. The summed E-state index contributed by atoms with van der Waals surface area (Å²) in [7, 11) is 0. The lowest BCUT2D eigenvalue weighted by Gasteiger charge is -2.12. The molecule has 0 spiro atoms. The molecule has 1 aromatic carbocycles. The fourth-order valence-corrected chi connectivity index (χ4v) is 1.80. The van der Waals surface area contributed by atoms with Gasteiger partial charge in [-0.25, -0.2) is 0 Å². The summed E-state index contributed by atoms with van der Waals surface area (Å²) in [6.07, 6.45) is 2.54. The predicted octanol–water partition coefficient (Wildman–Crippen LogP) is 1.73. The Bertz CT molecular complexity index is 405. The minimum atomic E-state index is 0.295. The Morgan fingerprint density at radius 2 is 2.44 bits per heavy atom. The van der Waals surface area contributed by atoms with Gasteiger partial charge in [0.1, 0.15) is 6.07 Å². The molecule has 1 aliphatic rings. The maximum Gasteiger partial charge on any atom is 0.101 e. The van der Waals surface area contributed by atoms with Crippen LogP contribution in [0.1, 0.15) is 18.4 Å². The smallest absolute Gasteiger partial charge is 0.101 e. The Morgan fingerprint density at radius 3 is 3.12 bits per heavy atom. The van der Waals surface area contributed by atoms with Crippen molar-refractivity contribution in [2.75, 3.05) is 24.2 Å². The summed E-state index contributed by atoms with van der Waals surface area (Å²) in [4.78, 5) is 0. The van der Waals surface area contributed by atoms with Gasteiger partial charge in [-0.1, -0.05) is 0 Å². The summed E-state index contributed by atoms with van der Waals surface area (Å²) in [5.74, 6) is 0. The molecule has 4 heteroatoms. The molecule has 1 fully saturated rings. The number of nitrogens with two attached hydrogens (primary N) is 1.